The molecule has 7 heteroatoms. The normalized spacial score (nSPS) is 16.4. The molecular formula is C12H11F3N4. The number of benzene rings is 1. The Morgan fingerprint density at radius 1 is 1.11 bits per heavy atom. The van der Waals surface area contributed by atoms with Gasteiger partial charge in [-0.15, -0.1) is 0 Å². The SMILES string of the molecule is FC(F)(F)c1ccc(-c2n[nH]c(C3CNC3)n2)cc1. The van der Waals surface area contributed by atoms with E-state index in [1.807, 2.05) is 0 Å². The summed E-state index contributed by atoms with van der Waals surface area (Å²) in [5.74, 6) is 1.51. The van der Waals surface area contributed by atoms with Gasteiger partial charge < -0.3 is 5.32 Å². The van der Waals surface area contributed by atoms with Crippen molar-refractivity contribution >= 4 is 0 Å². The lowest BCUT2D eigenvalue weighted by molar-refractivity contribution is -0.137. The molecule has 0 saturated carbocycles. The van der Waals surface area contributed by atoms with Gasteiger partial charge in [0.1, 0.15) is 5.82 Å². The highest BCUT2D eigenvalue weighted by Gasteiger charge is 2.30. The molecule has 0 amide bonds. The largest absolute Gasteiger partial charge is 0.416 e. The molecule has 1 aromatic carbocycles. The fraction of sp³-hybridized carbons (Fsp3) is 0.333. The van der Waals surface area contributed by atoms with Gasteiger partial charge in [-0.1, -0.05) is 12.1 Å². The third kappa shape index (κ3) is 2.33. The topological polar surface area (TPSA) is 53.6 Å². The summed E-state index contributed by atoms with van der Waals surface area (Å²) in [6.45, 7) is 1.70. The molecule has 4 nitrogen and oxygen atoms in total. The van der Waals surface area contributed by atoms with Gasteiger partial charge in [-0.05, 0) is 12.1 Å². The van der Waals surface area contributed by atoms with Gasteiger partial charge in [-0.3, -0.25) is 5.10 Å². The van der Waals surface area contributed by atoms with Gasteiger partial charge in [0.15, 0.2) is 5.82 Å². The van der Waals surface area contributed by atoms with Crippen LogP contribution in [0.4, 0.5) is 13.2 Å². The highest BCUT2D eigenvalue weighted by molar-refractivity contribution is 5.55. The maximum absolute atomic E-state index is 12.4. The molecule has 2 heterocycles. The molecule has 1 fully saturated rings. The van der Waals surface area contributed by atoms with Crippen molar-refractivity contribution in [3.63, 3.8) is 0 Å². The second-order valence-corrected chi connectivity index (χ2v) is 4.47. The number of halogens is 3. The molecule has 0 spiro atoms. The third-order valence-electron chi connectivity index (χ3n) is 3.14. The molecule has 0 bridgehead atoms. The third-order valence-corrected chi connectivity index (χ3v) is 3.14. The maximum atomic E-state index is 12.4. The van der Waals surface area contributed by atoms with E-state index in [2.05, 4.69) is 20.5 Å². The van der Waals surface area contributed by atoms with E-state index in [9.17, 15) is 13.2 Å². The van der Waals surface area contributed by atoms with E-state index < -0.39 is 11.7 Å². The number of alkyl halides is 3. The van der Waals surface area contributed by atoms with Crippen LogP contribution in [0.15, 0.2) is 24.3 Å². The van der Waals surface area contributed by atoms with Crippen LogP contribution in [0.3, 0.4) is 0 Å². The molecule has 0 unspecified atom stereocenters. The van der Waals surface area contributed by atoms with Crippen LogP contribution in [0, 0.1) is 0 Å². The maximum Gasteiger partial charge on any atom is 0.416 e. The minimum Gasteiger partial charge on any atom is -0.315 e. The number of nitrogens with one attached hydrogen (secondary N) is 2. The van der Waals surface area contributed by atoms with E-state index in [4.69, 9.17) is 0 Å². The minimum atomic E-state index is -4.32. The van der Waals surface area contributed by atoms with Crippen molar-refractivity contribution in [1.29, 1.82) is 0 Å². The van der Waals surface area contributed by atoms with Crippen molar-refractivity contribution in [3.8, 4) is 11.4 Å². The van der Waals surface area contributed by atoms with Gasteiger partial charge in [-0.2, -0.15) is 18.3 Å². The van der Waals surface area contributed by atoms with Gasteiger partial charge >= 0.3 is 6.18 Å². The van der Waals surface area contributed by atoms with Crippen molar-refractivity contribution in [2.24, 2.45) is 0 Å². The van der Waals surface area contributed by atoms with Crippen LogP contribution >= 0.6 is 0 Å². The van der Waals surface area contributed by atoms with Crippen molar-refractivity contribution < 1.29 is 13.2 Å². The number of H-pyrrole nitrogens is 1. The summed E-state index contributed by atoms with van der Waals surface area (Å²) in [6, 6.07) is 4.84. The Balaban J connectivity index is 1.83. The summed E-state index contributed by atoms with van der Waals surface area (Å²) in [4.78, 5) is 4.31. The Hall–Kier alpha value is -1.89. The highest BCUT2D eigenvalue weighted by atomic mass is 19.4. The second kappa shape index (κ2) is 4.34. The molecule has 19 heavy (non-hydrogen) atoms. The molecule has 3 rings (SSSR count). The van der Waals surface area contributed by atoms with E-state index in [1.54, 1.807) is 0 Å². The van der Waals surface area contributed by atoms with E-state index in [0.717, 1.165) is 31.0 Å². The monoisotopic (exact) mass is 268 g/mol. The van der Waals surface area contributed by atoms with E-state index in [-0.39, 0.29) is 0 Å². The van der Waals surface area contributed by atoms with E-state index >= 15 is 0 Å². The number of nitrogens with zero attached hydrogens (tertiary/aromatic N) is 2. The zero-order valence-corrected chi connectivity index (χ0v) is 9.83. The summed E-state index contributed by atoms with van der Waals surface area (Å²) < 4.78 is 37.3. The predicted octanol–water partition coefficient (Wildman–Crippen LogP) is 2.18. The molecule has 0 aliphatic carbocycles. The van der Waals surface area contributed by atoms with Crippen LogP contribution in [0.25, 0.3) is 11.4 Å². The summed E-state index contributed by atoms with van der Waals surface area (Å²) >= 11 is 0. The van der Waals surface area contributed by atoms with Gasteiger partial charge in [0.25, 0.3) is 0 Å². The summed E-state index contributed by atoms with van der Waals surface area (Å²) in [5.41, 5.74) is -0.0991. The van der Waals surface area contributed by atoms with Crippen LogP contribution in [0.1, 0.15) is 17.3 Å². The molecule has 100 valence electrons. The highest BCUT2D eigenvalue weighted by Crippen LogP contribution is 2.30. The van der Waals surface area contributed by atoms with Gasteiger partial charge in [0.2, 0.25) is 0 Å². The number of hydrogen-bond donors (Lipinski definition) is 2. The van der Waals surface area contributed by atoms with Crippen molar-refractivity contribution in [2.75, 3.05) is 13.1 Å². The second-order valence-electron chi connectivity index (χ2n) is 4.47. The lowest BCUT2D eigenvalue weighted by atomic mass is 10.0. The van der Waals surface area contributed by atoms with Gasteiger partial charge in [0.05, 0.1) is 5.56 Å². The van der Waals surface area contributed by atoms with E-state index in [1.165, 1.54) is 12.1 Å². The van der Waals surface area contributed by atoms with Gasteiger partial charge in [-0.25, -0.2) is 4.98 Å². The first-order valence-electron chi connectivity index (χ1n) is 5.85. The van der Waals surface area contributed by atoms with Crippen LogP contribution in [0.5, 0.6) is 0 Å². The Morgan fingerprint density at radius 3 is 2.32 bits per heavy atom. The van der Waals surface area contributed by atoms with Crippen LogP contribution in [-0.2, 0) is 6.18 Å². The number of aromatic amines is 1. The molecule has 1 saturated heterocycles. The standard InChI is InChI=1S/C12H11F3N4/c13-12(14,15)9-3-1-7(2-4-9)10-17-11(19-18-10)8-5-16-6-8/h1-4,8,16H,5-6H2,(H,17,18,19). The molecular weight excluding hydrogens is 257 g/mol. The molecule has 1 aliphatic heterocycles. The Bertz CT molecular complexity index is 569. The molecule has 0 atom stereocenters. The van der Waals surface area contributed by atoms with Crippen molar-refractivity contribution in [2.45, 2.75) is 12.1 Å². The first-order valence-corrected chi connectivity index (χ1v) is 5.85. The Kier molecular flexibility index (Phi) is 2.78. The molecule has 0 radical (unpaired) electrons. The quantitative estimate of drug-likeness (QED) is 0.877. The van der Waals surface area contributed by atoms with Crippen molar-refractivity contribution in [1.82, 2.24) is 20.5 Å². The molecule has 1 aromatic heterocycles. The molecule has 1 aliphatic rings. The average molecular weight is 268 g/mol. The van der Waals surface area contributed by atoms with Crippen LogP contribution in [0.2, 0.25) is 0 Å². The first-order chi connectivity index (χ1) is 9.04. The molecule has 2 N–H and O–H groups in total. The zero-order chi connectivity index (χ0) is 13.5. The minimum absolute atomic E-state index is 0.315. The molecule has 2 aromatic rings. The summed E-state index contributed by atoms with van der Waals surface area (Å²) in [6.07, 6.45) is -4.32. The predicted molar refractivity (Wildman–Crippen MR) is 62.4 cm³/mol. The number of hydrogen-bond acceptors (Lipinski definition) is 3. The lowest BCUT2D eigenvalue weighted by Gasteiger charge is -2.24. The number of rotatable bonds is 2. The van der Waals surface area contributed by atoms with Crippen molar-refractivity contribution in [3.05, 3.63) is 35.7 Å². The lowest BCUT2D eigenvalue weighted by Crippen LogP contribution is -2.40. The van der Waals surface area contributed by atoms with Gasteiger partial charge in [0, 0.05) is 24.6 Å². The first kappa shape index (κ1) is 12.2. The Labute approximate surface area is 107 Å². The Morgan fingerprint density at radius 2 is 1.79 bits per heavy atom. The van der Waals surface area contributed by atoms with Crippen LogP contribution < -0.4 is 5.32 Å². The smallest absolute Gasteiger partial charge is 0.315 e. The summed E-state index contributed by atoms with van der Waals surface area (Å²) in [5, 5.41) is 9.98. The fourth-order valence-electron chi connectivity index (χ4n) is 1.88. The number of aromatic nitrogens is 3. The van der Waals surface area contributed by atoms with E-state index in [0.29, 0.717) is 17.3 Å². The average Bonchev–Trinajstić information content (AvgIpc) is 2.75. The zero-order valence-electron chi connectivity index (χ0n) is 9.83. The fourth-order valence-corrected chi connectivity index (χ4v) is 1.88. The van der Waals surface area contributed by atoms with Crippen LogP contribution in [-0.4, -0.2) is 28.3 Å². The summed E-state index contributed by atoms with van der Waals surface area (Å²) in [7, 11) is 0.